The van der Waals surface area contributed by atoms with Gasteiger partial charge in [-0.2, -0.15) is 15.0 Å². The summed E-state index contributed by atoms with van der Waals surface area (Å²) in [5.74, 6) is 1.17. The lowest BCUT2D eigenvalue weighted by atomic mass is 10.2. The minimum atomic E-state index is -0.204. The van der Waals surface area contributed by atoms with Crippen LogP contribution in [0.3, 0.4) is 0 Å². The molecule has 0 amide bonds. The molecular formula is C15H16N6O4. The van der Waals surface area contributed by atoms with Crippen LogP contribution in [0, 0.1) is 0 Å². The Balaban J connectivity index is 1.98. The van der Waals surface area contributed by atoms with Crippen LogP contribution in [0.4, 0.5) is 11.8 Å². The molecule has 0 aliphatic carbocycles. The third-order valence-electron chi connectivity index (χ3n) is 3.24. The summed E-state index contributed by atoms with van der Waals surface area (Å²) in [6.07, 6.45) is 0. The van der Waals surface area contributed by atoms with Gasteiger partial charge in [0.05, 0.1) is 13.7 Å². The molecule has 0 spiro atoms. The Morgan fingerprint density at radius 1 is 1.12 bits per heavy atom. The van der Waals surface area contributed by atoms with Gasteiger partial charge in [-0.15, -0.1) is 0 Å². The fraction of sp³-hybridized carbons (Fsp3) is 0.200. The number of hydrogen-bond acceptors (Lipinski definition) is 10. The van der Waals surface area contributed by atoms with Crippen molar-refractivity contribution in [2.45, 2.75) is 0 Å². The Bertz CT molecular complexity index is 865. The smallest absolute Gasteiger partial charge is 0.267 e. The molecule has 10 heteroatoms. The third-order valence-corrected chi connectivity index (χ3v) is 3.24. The van der Waals surface area contributed by atoms with Gasteiger partial charge in [-0.05, 0) is 24.3 Å². The molecule has 0 fully saturated rings. The molecule has 3 aromatic rings. The molecule has 0 radical (unpaired) electrons. The van der Waals surface area contributed by atoms with Crippen LogP contribution in [0.25, 0.3) is 22.8 Å². The first-order valence-corrected chi connectivity index (χ1v) is 7.27. The molecule has 1 aromatic carbocycles. The number of hydrogen-bond donors (Lipinski definition) is 3. The van der Waals surface area contributed by atoms with Crippen molar-refractivity contribution in [1.82, 2.24) is 20.1 Å². The van der Waals surface area contributed by atoms with E-state index in [9.17, 15) is 0 Å². The molecule has 0 saturated carbocycles. The predicted molar refractivity (Wildman–Crippen MR) is 88.7 cm³/mol. The number of nitrogens with zero attached hydrogens (tertiary/aromatic N) is 4. The van der Waals surface area contributed by atoms with Crippen LogP contribution in [0.1, 0.15) is 0 Å². The first kappa shape index (κ1) is 16.5. The highest BCUT2D eigenvalue weighted by molar-refractivity contribution is 5.74. The number of rotatable bonds is 6. The number of methoxy groups -OCH3 is 1. The van der Waals surface area contributed by atoms with E-state index in [-0.39, 0.29) is 42.3 Å². The van der Waals surface area contributed by atoms with E-state index in [4.69, 9.17) is 30.6 Å². The number of nitrogens with two attached hydrogens (primary N) is 2. The molecule has 0 atom stereocenters. The van der Waals surface area contributed by atoms with Crippen molar-refractivity contribution in [3.8, 4) is 34.5 Å². The summed E-state index contributed by atoms with van der Waals surface area (Å²) in [5, 5.41) is 12.9. The standard InChI is InChI=1S/C15H16N6O4/c1-23-9-4-2-8(3-5-9)12-19-14(25-21-12)10-11(16)18-15(17)20-13(10)24-7-6-22/h2-5,22H,6-7H2,1H3,(H4,16,17,18,20). The van der Waals surface area contributed by atoms with Crippen molar-refractivity contribution in [3.05, 3.63) is 24.3 Å². The predicted octanol–water partition coefficient (Wildman–Crippen LogP) is 0.738. The zero-order chi connectivity index (χ0) is 17.8. The molecule has 0 aliphatic rings. The third kappa shape index (κ3) is 3.43. The topological polar surface area (TPSA) is 155 Å². The van der Waals surface area contributed by atoms with Crippen molar-refractivity contribution in [3.63, 3.8) is 0 Å². The summed E-state index contributed by atoms with van der Waals surface area (Å²) >= 11 is 0. The Morgan fingerprint density at radius 2 is 1.88 bits per heavy atom. The highest BCUT2D eigenvalue weighted by atomic mass is 16.5. The molecule has 0 bridgehead atoms. The average molecular weight is 344 g/mol. The number of ether oxygens (including phenoxy) is 2. The Morgan fingerprint density at radius 3 is 2.56 bits per heavy atom. The van der Waals surface area contributed by atoms with Gasteiger partial charge in [-0.1, -0.05) is 5.16 Å². The van der Waals surface area contributed by atoms with E-state index in [1.54, 1.807) is 31.4 Å². The van der Waals surface area contributed by atoms with Gasteiger partial charge >= 0.3 is 0 Å². The van der Waals surface area contributed by atoms with Gasteiger partial charge in [-0.3, -0.25) is 0 Å². The summed E-state index contributed by atoms with van der Waals surface area (Å²) in [4.78, 5) is 12.1. The molecule has 130 valence electrons. The normalized spacial score (nSPS) is 10.6. The summed E-state index contributed by atoms with van der Waals surface area (Å²) in [6, 6.07) is 7.14. The van der Waals surface area contributed by atoms with Gasteiger partial charge in [-0.25, -0.2) is 0 Å². The molecule has 0 unspecified atom stereocenters. The molecule has 0 saturated heterocycles. The van der Waals surface area contributed by atoms with Gasteiger partial charge in [0.1, 0.15) is 23.7 Å². The lowest BCUT2D eigenvalue weighted by molar-refractivity contribution is 0.197. The monoisotopic (exact) mass is 344 g/mol. The molecule has 2 heterocycles. The zero-order valence-electron chi connectivity index (χ0n) is 13.3. The summed E-state index contributed by atoms with van der Waals surface area (Å²) < 4.78 is 15.7. The summed E-state index contributed by atoms with van der Waals surface area (Å²) in [5.41, 5.74) is 12.4. The largest absolute Gasteiger partial charge is 0.497 e. The average Bonchev–Trinajstić information content (AvgIpc) is 3.09. The van der Waals surface area contributed by atoms with Crippen LogP contribution in [0.2, 0.25) is 0 Å². The van der Waals surface area contributed by atoms with Crippen molar-refractivity contribution < 1.29 is 19.1 Å². The van der Waals surface area contributed by atoms with E-state index in [2.05, 4.69) is 20.1 Å². The van der Waals surface area contributed by atoms with E-state index < -0.39 is 0 Å². The molecular weight excluding hydrogens is 328 g/mol. The molecule has 3 rings (SSSR count). The second kappa shape index (κ2) is 7.01. The minimum absolute atomic E-state index is 0.00235. The van der Waals surface area contributed by atoms with Gasteiger partial charge in [0, 0.05) is 5.56 Å². The highest BCUT2D eigenvalue weighted by Crippen LogP contribution is 2.33. The quantitative estimate of drug-likeness (QED) is 0.582. The SMILES string of the molecule is COc1ccc(-c2noc(-c3c(N)nc(N)nc3OCCO)n2)cc1. The first-order valence-electron chi connectivity index (χ1n) is 7.27. The Kier molecular flexibility index (Phi) is 4.61. The molecule has 2 aromatic heterocycles. The fourth-order valence-corrected chi connectivity index (χ4v) is 2.10. The lowest BCUT2D eigenvalue weighted by Crippen LogP contribution is -2.09. The van der Waals surface area contributed by atoms with Crippen LogP contribution in [0.5, 0.6) is 11.6 Å². The highest BCUT2D eigenvalue weighted by Gasteiger charge is 2.21. The second-order valence-corrected chi connectivity index (χ2v) is 4.87. The molecule has 5 N–H and O–H groups in total. The maximum Gasteiger partial charge on any atom is 0.267 e. The van der Waals surface area contributed by atoms with Gasteiger partial charge in [0.15, 0.2) is 0 Å². The molecule has 25 heavy (non-hydrogen) atoms. The zero-order valence-corrected chi connectivity index (χ0v) is 13.3. The van der Waals surface area contributed by atoms with Crippen molar-refractivity contribution in [1.29, 1.82) is 0 Å². The number of anilines is 2. The van der Waals surface area contributed by atoms with Crippen LogP contribution in [-0.4, -0.2) is 45.5 Å². The van der Waals surface area contributed by atoms with Crippen molar-refractivity contribution >= 4 is 11.8 Å². The number of aliphatic hydroxyl groups excluding tert-OH is 1. The number of aliphatic hydroxyl groups is 1. The van der Waals surface area contributed by atoms with Crippen molar-refractivity contribution in [2.24, 2.45) is 0 Å². The van der Waals surface area contributed by atoms with E-state index >= 15 is 0 Å². The number of benzene rings is 1. The van der Waals surface area contributed by atoms with Crippen LogP contribution in [-0.2, 0) is 0 Å². The summed E-state index contributed by atoms with van der Waals surface area (Å²) in [6.45, 7) is -0.202. The lowest BCUT2D eigenvalue weighted by Gasteiger charge is -2.09. The van der Waals surface area contributed by atoms with Gasteiger partial charge < -0.3 is 30.6 Å². The molecule has 10 nitrogen and oxygen atoms in total. The van der Waals surface area contributed by atoms with Crippen LogP contribution in [0.15, 0.2) is 28.8 Å². The van der Waals surface area contributed by atoms with Crippen LogP contribution < -0.4 is 20.9 Å². The Labute approximate surface area is 142 Å². The van der Waals surface area contributed by atoms with Crippen molar-refractivity contribution in [2.75, 3.05) is 31.8 Å². The fourth-order valence-electron chi connectivity index (χ4n) is 2.10. The maximum atomic E-state index is 8.93. The van der Waals surface area contributed by atoms with E-state index in [0.717, 1.165) is 5.56 Å². The first-order chi connectivity index (χ1) is 12.1. The minimum Gasteiger partial charge on any atom is -0.497 e. The molecule has 0 aliphatic heterocycles. The van der Waals surface area contributed by atoms with Crippen LogP contribution >= 0.6 is 0 Å². The van der Waals surface area contributed by atoms with E-state index in [1.165, 1.54) is 0 Å². The van der Waals surface area contributed by atoms with Gasteiger partial charge in [0.25, 0.3) is 5.89 Å². The maximum absolute atomic E-state index is 8.93. The second-order valence-electron chi connectivity index (χ2n) is 4.87. The van der Waals surface area contributed by atoms with E-state index in [0.29, 0.717) is 11.6 Å². The van der Waals surface area contributed by atoms with Gasteiger partial charge in [0.2, 0.25) is 17.7 Å². The van der Waals surface area contributed by atoms with E-state index in [1.807, 2.05) is 0 Å². The summed E-state index contributed by atoms with van der Waals surface area (Å²) in [7, 11) is 1.58. The Hall–Kier alpha value is -3.40. The number of aromatic nitrogens is 4. The number of nitrogen functional groups attached to an aromatic ring is 2.